The first-order valence-corrected chi connectivity index (χ1v) is 6.17. The van der Waals surface area contributed by atoms with E-state index in [9.17, 15) is 52.7 Å². The first kappa shape index (κ1) is 21.9. The second-order valence-corrected chi connectivity index (χ2v) is 4.97. The molecule has 146 valence electrons. The first-order chi connectivity index (χ1) is 11.4. The number of alkyl halides is 12. The van der Waals surface area contributed by atoms with Gasteiger partial charge in [0.05, 0.1) is 11.6 Å². The molecule has 0 aromatic heterocycles. The summed E-state index contributed by atoms with van der Waals surface area (Å²) in [6, 6.07) is 2.45. The Kier molecular flexibility index (Phi) is 5.26. The van der Waals surface area contributed by atoms with Gasteiger partial charge in [-0.1, -0.05) is 12.1 Å². The number of nitriles is 1. The highest BCUT2D eigenvalue weighted by Gasteiger charge is 2.92. The molecule has 0 aliphatic rings. The summed E-state index contributed by atoms with van der Waals surface area (Å²) >= 11 is 0. The van der Waals surface area contributed by atoms with Gasteiger partial charge in [0.2, 0.25) is 0 Å². The van der Waals surface area contributed by atoms with Crippen molar-refractivity contribution in [1.29, 1.82) is 5.26 Å². The molecule has 0 radical (unpaired) electrons. The maximum Gasteiger partial charge on any atom is 0.454 e. The van der Waals surface area contributed by atoms with E-state index in [0.29, 0.717) is 12.1 Å². The molecule has 0 aliphatic carbocycles. The lowest BCUT2D eigenvalue weighted by molar-refractivity contribution is -0.462. The van der Waals surface area contributed by atoms with E-state index in [-0.39, 0.29) is 12.1 Å². The highest BCUT2D eigenvalue weighted by molar-refractivity contribution is 5.34. The molecule has 13 heteroatoms. The van der Waals surface area contributed by atoms with Gasteiger partial charge in [0.1, 0.15) is 0 Å². The van der Waals surface area contributed by atoms with Gasteiger partial charge in [0.15, 0.2) is 6.17 Å². The Morgan fingerprint density at radius 3 is 1.35 bits per heavy atom. The normalized spacial score (nSPS) is 15.5. The average Bonchev–Trinajstić information content (AvgIpc) is 2.43. The fourth-order valence-electron chi connectivity index (χ4n) is 2.16. The maximum atomic E-state index is 14.2. The molecule has 1 rings (SSSR count). The van der Waals surface area contributed by atoms with Crippen LogP contribution in [0.4, 0.5) is 52.7 Å². The molecule has 1 aromatic carbocycles. The number of hydrogen-bond acceptors (Lipinski definition) is 1. The monoisotopic (exact) mass is 403 g/mol. The number of rotatable bonds is 3. The summed E-state index contributed by atoms with van der Waals surface area (Å²) in [5.41, 5.74) is -9.27. The van der Waals surface area contributed by atoms with Crippen molar-refractivity contribution >= 4 is 0 Å². The summed E-state index contributed by atoms with van der Waals surface area (Å²) in [5.74, 6) is -7.55. The van der Waals surface area contributed by atoms with Crippen molar-refractivity contribution in [1.82, 2.24) is 0 Å². The van der Waals surface area contributed by atoms with E-state index in [1.165, 1.54) is 6.07 Å². The molecule has 0 fully saturated rings. The Hall–Kier alpha value is -2.13. The lowest BCUT2D eigenvalue weighted by Gasteiger charge is -2.44. The minimum absolute atomic E-state index is 0.0852. The zero-order chi connectivity index (χ0) is 20.8. The average molecular weight is 403 g/mol. The van der Waals surface area contributed by atoms with Gasteiger partial charge in [-0.15, -0.1) is 0 Å². The zero-order valence-corrected chi connectivity index (χ0v) is 11.9. The molecule has 0 saturated carbocycles. The van der Waals surface area contributed by atoms with Crippen LogP contribution in [0.2, 0.25) is 0 Å². The minimum Gasteiger partial charge on any atom is -0.241 e. The molecular weight excluding hydrogens is 398 g/mol. The Labute approximate surface area is 136 Å². The third-order valence-corrected chi connectivity index (χ3v) is 3.46. The van der Waals surface area contributed by atoms with Gasteiger partial charge in [0, 0.05) is 0 Å². The van der Waals surface area contributed by atoms with Gasteiger partial charge in [0.25, 0.3) is 5.41 Å². The summed E-state index contributed by atoms with van der Waals surface area (Å²) in [4.78, 5) is 0. The van der Waals surface area contributed by atoms with Gasteiger partial charge in [-0.2, -0.15) is 53.6 Å². The molecule has 0 amide bonds. The van der Waals surface area contributed by atoms with Crippen LogP contribution in [-0.4, -0.2) is 24.5 Å². The van der Waals surface area contributed by atoms with Crippen LogP contribution in [0.5, 0.6) is 0 Å². The first-order valence-electron chi connectivity index (χ1n) is 6.17. The fraction of sp³-hybridized carbons (Fsp3) is 0.462. The Morgan fingerprint density at radius 1 is 0.692 bits per heavy atom. The van der Waals surface area contributed by atoms with E-state index in [1.807, 2.05) is 0 Å². The summed E-state index contributed by atoms with van der Waals surface area (Å²) in [5, 5.41) is 8.45. The van der Waals surface area contributed by atoms with E-state index >= 15 is 0 Å². The molecule has 1 unspecified atom stereocenters. The third-order valence-electron chi connectivity index (χ3n) is 3.46. The van der Waals surface area contributed by atoms with E-state index in [4.69, 9.17) is 5.26 Å². The van der Waals surface area contributed by atoms with Gasteiger partial charge in [-0.3, -0.25) is 0 Å². The quantitative estimate of drug-likeness (QED) is 0.579. The summed E-state index contributed by atoms with van der Waals surface area (Å²) in [6.07, 6.45) is -27.0. The maximum absolute atomic E-state index is 14.2. The number of benzene rings is 1. The Bertz CT molecular complexity index is 660. The van der Waals surface area contributed by atoms with Gasteiger partial charge in [-0.05, 0) is 17.7 Å². The van der Waals surface area contributed by atoms with Crippen molar-refractivity contribution in [3.05, 3.63) is 35.4 Å². The Balaban J connectivity index is 3.87. The van der Waals surface area contributed by atoms with Crippen molar-refractivity contribution in [2.75, 3.05) is 0 Å². The van der Waals surface area contributed by atoms with Gasteiger partial charge >= 0.3 is 24.5 Å². The molecule has 0 saturated heterocycles. The molecule has 1 atom stereocenters. The van der Waals surface area contributed by atoms with Crippen molar-refractivity contribution in [3.63, 3.8) is 0 Å². The molecule has 0 N–H and O–H groups in total. The van der Waals surface area contributed by atoms with E-state index < -0.39 is 47.2 Å². The number of halogens is 12. The van der Waals surface area contributed by atoms with Crippen molar-refractivity contribution in [2.24, 2.45) is 5.41 Å². The van der Waals surface area contributed by atoms with Crippen LogP contribution in [0.3, 0.4) is 0 Å². The van der Waals surface area contributed by atoms with Crippen LogP contribution >= 0.6 is 0 Å². The van der Waals surface area contributed by atoms with E-state index in [1.54, 1.807) is 0 Å². The molecule has 1 aromatic rings. The highest BCUT2D eigenvalue weighted by atomic mass is 19.4. The van der Waals surface area contributed by atoms with Crippen molar-refractivity contribution < 1.29 is 52.7 Å². The molecule has 0 spiro atoms. The topological polar surface area (TPSA) is 23.8 Å². The Morgan fingerprint density at radius 2 is 1.08 bits per heavy atom. The fourth-order valence-corrected chi connectivity index (χ4v) is 2.16. The summed E-state index contributed by atoms with van der Waals surface area (Å²) < 4.78 is 156. The number of nitrogens with zero attached hydrogens (tertiary/aromatic N) is 1. The summed E-state index contributed by atoms with van der Waals surface area (Å²) in [7, 11) is 0. The standard InChI is InChI=1S/C13H5F12N/c14-8(7-3-1-6(5-26)2-4-7)9(11(17,18)19,12(20,21)22)10(15,16)13(23,24)25/h1-4,8H. The smallest absolute Gasteiger partial charge is 0.241 e. The predicted molar refractivity (Wildman–Crippen MR) is 60.6 cm³/mol. The van der Waals surface area contributed by atoms with Crippen molar-refractivity contribution in [2.45, 2.75) is 30.6 Å². The van der Waals surface area contributed by atoms with Crippen LogP contribution in [0, 0.1) is 16.7 Å². The van der Waals surface area contributed by atoms with E-state index in [2.05, 4.69) is 0 Å². The van der Waals surface area contributed by atoms with Crippen LogP contribution < -0.4 is 0 Å². The predicted octanol–water partition coefficient (Wildman–Crippen LogP) is 5.88. The van der Waals surface area contributed by atoms with Gasteiger partial charge < -0.3 is 0 Å². The van der Waals surface area contributed by atoms with Crippen LogP contribution in [0.1, 0.15) is 17.3 Å². The lowest BCUT2D eigenvalue weighted by atomic mass is 9.72. The molecule has 0 bridgehead atoms. The zero-order valence-electron chi connectivity index (χ0n) is 11.9. The molecule has 1 nitrogen and oxygen atoms in total. The molecule has 0 aliphatic heterocycles. The minimum atomic E-state index is -7.55. The van der Waals surface area contributed by atoms with Crippen molar-refractivity contribution in [3.8, 4) is 6.07 Å². The largest absolute Gasteiger partial charge is 0.454 e. The number of hydrogen-bond donors (Lipinski definition) is 0. The summed E-state index contributed by atoms with van der Waals surface area (Å²) in [6.45, 7) is 0. The van der Waals surface area contributed by atoms with Crippen LogP contribution in [0.15, 0.2) is 24.3 Å². The highest BCUT2D eigenvalue weighted by Crippen LogP contribution is 2.68. The molecule has 26 heavy (non-hydrogen) atoms. The lowest BCUT2D eigenvalue weighted by Crippen LogP contribution is -2.68. The molecule has 0 heterocycles. The van der Waals surface area contributed by atoms with Gasteiger partial charge in [-0.25, -0.2) is 4.39 Å². The second-order valence-electron chi connectivity index (χ2n) is 4.97. The SMILES string of the molecule is N#Cc1ccc(C(F)C(C(F)(F)F)(C(F)(F)F)C(F)(F)C(F)(F)F)cc1. The van der Waals surface area contributed by atoms with Crippen LogP contribution in [-0.2, 0) is 0 Å². The third kappa shape index (κ3) is 3.05. The molecular formula is C13H5F12N. The van der Waals surface area contributed by atoms with Crippen LogP contribution in [0.25, 0.3) is 0 Å². The van der Waals surface area contributed by atoms with E-state index in [0.717, 1.165) is 0 Å². The second kappa shape index (κ2) is 6.24.